The van der Waals surface area contributed by atoms with E-state index in [9.17, 15) is 9.90 Å². The topological polar surface area (TPSA) is 123 Å². The molecule has 0 aliphatic rings. The number of ketones is 1. The summed E-state index contributed by atoms with van der Waals surface area (Å²) in [6.07, 6.45) is 3.04. The fourth-order valence-electron chi connectivity index (χ4n) is 3.37. The van der Waals surface area contributed by atoms with Crippen molar-refractivity contribution in [2.45, 2.75) is 33.3 Å². The van der Waals surface area contributed by atoms with E-state index in [0.717, 1.165) is 17.5 Å². The fourth-order valence-corrected chi connectivity index (χ4v) is 3.37. The average Bonchev–Trinajstić information content (AvgIpc) is 3.35. The monoisotopic (exact) mass is 445 g/mol. The molecule has 33 heavy (non-hydrogen) atoms. The molecule has 0 spiro atoms. The van der Waals surface area contributed by atoms with E-state index < -0.39 is 0 Å². The first kappa shape index (κ1) is 21.9. The van der Waals surface area contributed by atoms with Gasteiger partial charge in [-0.05, 0) is 59.7 Å². The molecule has 0 atom stereocenters. The Morgan fingerprint density at radius 2 is 2.03 bits per heavy atom. The molecule has 9 heteroatoms. The summed E-state index contributed by atoms with van der Waals surface area (Å²) in [6, 6.07) is 14.3. The Morgan fingerprint density at radius 1 is 1.15 bits per heavy atom. The van der Waals surface area contributed by atoms with E-state index in [1.165, 1.54) is 6.92 Å². The van der Waals surface area contributed by atoms with Gasteiger partial charge < -0.3 is 14.6 Å². The highest BCUT2D eigenvalue weighted by atomic mass is 16.5. The van der Waals surface area contributed by atoms with Crippen molar-refractivity contribution in [3.8, 4) is 34.5 Å². The quantitative estimate of drug-likeness (QED) is 0.361. The number of aromatic nitrogens is 5. The number of Topliss-reactive ketones (excluding diaryl/α,β-unsaturated/α-hetero) is 1. The van der Waals surface area contributed by atoms with Crippen LogP contribution in [0.4, 0.5) is 0 Å². The number of rotatable bonds is 9. The van der Waals surface area contributed by atoms with Crippen molar-refractivity contribution in [2.75, 3.05) is 0 Å². The maximum Gasteiger partial charge on any atom is 0.219 e. The van der Waals surface area contributed by atoms with Gasteiger partial charge in [0.1, 0.15) is 23.9 Å². The Morgan fingerprint density at radius 3 is 2.73 bits per heavy atom. The molecule has 168 valence electrons. The molecular formula is C24H23N5O4. The largest absolute Gasteiger partial charge is 0.507 e. The molecule has 2 heterocycles. The lowest BCUT2D eigenvalue weighted by Gasteiger charge is -2.15. The van der Waals surface area contributed by atoms with Gasteiger partial charge in [0.05, 0.1) is 5.56 Å². The summed E-state index contributed by atoms with van der Waals surface area (Å²) < 4.78 is 11.8. The molecule has 0 unspecified atom stereocenters. The van der Waals surface area contributed by atoms with Crippen molar-refractivity contribution >= 4 is 5.78 Å². The summed E-state index contributed by atoms with van der Waals surface area (Å²) in [5.74, 6) is 1.94. The number of aromatic amines is 1. The molecule has 0 bridgehead atoms. The Bertz CT molecular complexity index is 1240. The minimum atomic E-state index is -0.180. The minimum absolute atomic E-state index is 0.00503. The summed E-state index contributed by atoms with van der Waals surface area (Å²) in [7, 11) is 0. The predicted octanol–water partition coefficient (Wildman–Crippen LogP) is 4.49. The van der Waals surface area contributed by atoms with Crippen LogP contribution in [0.1, 0.15) is 41.8 Å². The lowest BCUT2D eigenvalue weighted by Crippen LogP contribution is -2.02. The van der Waals surface area contributed by atoms with Crippen LogP contribution in [0.25, 0.3) is 11.4 Å². The number of hydrogen-bond acceptors (Lipinski definition) is 8. The number of phenols is 1. The van der Waals surface area contributed by atoms with Gasteiger partial charge in [0.25, 0.3) is 0 Å². The molecular weight excluding hydrogens is 422 g/mol. The highest BCUT2D eigenvalue weighted by molar-refractivity contribution is 5.97. The van der Waals surface area contributed by atoms with Crippen LogP contribution in [0.15, 0.2) is 54.7 Å². The number of aromatic hydroxyl groups is 1. The van der Waals surface area contributed by atoms with Gasteiger partial charge >= 0.3 is 0 Å². The summed E-state index contributed by atoms with van der Waals surface area (Å²) >= 11 is 0. The molecule has 0 saturated heterocycles. The SMILES string of the molecule is CCCc1c(OCc2cccc(Oc3ccc(-c4nnn[nH]4)cn3)c2)ccc(C(C)=O)c1O. The first-order valence-corrected chi connectivity index (χ1v) is 10.5. The second-order valence-corrected chi connectivity index (χ2v) is 7.42. The zero-order valence-corrected chi connectivity index (χ0v) is 18.3. The summed E-state index contributed by atoms with van der Waals surface area (Å²) in [4.78, 5) is 16.0. The number of pyridine rings is 1. The predicted molar refractivity (Wildman–Crippen MR) is 120 cm³/mol. The number of nitrogens with one attached hydrogen (secondary N) is 1. The molecule has 0 radical (unpaired) electrons. The summed E-state index contributed by atoms with van der Waals surface area (Å²) in [5, 5.41) is 24.1. The Hall–Kier alpha value is -4.27. The third-order valence-electron chi connectivity index (χ3n) is 4.99. The van der Waals surface area contributed by atoms with Crippen LogP contribution in [0.2, 0.25) is 0 Å². The Kier molecular flexibility index (Phi) is 6.58. The van der Waals surface area contributed by atoms with Crippen LogP contribution in [0.3, 0.4) is 0 Å². The molecule has 0 aliphatic heterocycles. The third kappa shape index (κ3) is 5.15. The molecule has 0 saturated carbocycles. The highest BCUT2D eigenvalue weighted by Gasteiger charge is 2.16. The molecule has 4 rings (SSSR count). The number of tetrazole rings is 1. The Labute approximate surface area is 190 Å². The van der Waals surface area contributed by atoms with Crippen molar-refractivity contribution in [1.82, 2.24) is 25.6 Å². The summed E-state index contributed by atoms with van der Waals surface area (Å²) in [6.45, 7) is 3.72. The molecule has 2 aromatic carbocycles. The zero-order valence-electron chi connectivity index (χ0n) is 18.3. The van der Waals surface area contributed by atoms with E-state index in [0.29, 0.717) is 40.8 Å². The van der Waals surface area contributed by atoms with E-state index in [2.05, 4.69) is 25.6 Å². The van der Waals surface area contributed by atoms with Crippen molar-refractivity contribution < 1.29 is 19.4 Å². The molecule has 9 nitrogen and oxygen atoms in total. The zero-order chi connectivity index (χ0) is 23.2. The number of ether oxygens (including phenoxy) is 2. The van der Waals surface area contributed by atoms with E-state index in [1.54, 1.807) is 24.4 Å². The van der Waals surface area contributed by atoms with E-state index in [4.69, 9.17) is 9.47 Å². The Balaban J connectivity index is 1.45. The van der Waals surface area contributed by atoms with Gasteiger partial charge in [-0.2, -0.15) is 0 Å². The van der Waals surface area contributed by atoms with E-state index in [-0.39, 0.29) is 18.1 Å². The number of H-pyrrole nitrogens is 1. The molecule has 4 aromatic rings. The standard InChI is InChI=1S/C24H23N5O4/c1-3-5-20-21(10-9-19(15(2)30)23(20)31)32-14-16-6-4-7-18(12-16)33-22-11-8-17(13-25-22)24-26-28-29-27-24/h4,6-13,31H,3,5,14H2,1-2H3,(H,26,27,28,29). The van der Waals surface area contributed by atoms with Crippen LogP contribution in [-0.4, -0.2) is 36.5 Å². The molecule has 2 N–H and O–H groups in total. The van der Waals surface area contributed by atoms with Crippen molar-refractivity contribution in [1.29, 1.82) is 0 Å². The summed E-state index contributed by atoms with van der Waals surface area (Å²) in [5.41, 5.74) is 2.58. The number of carbonyl (C=O) groups is 1. The van der Waals surface area contributed by atoms with Crippen LogP contribution in [-0.2, 0) is 13.0 Å². The van der Waals surface area contributed by atoms with Crippen LogP contribution >= 0.6 is 0 Å². The normalized spacial score (nSPS) is 10.7. The lowest BCUT2D eigenvalue weighted by molar-refractivity contribution is 0.101. The molecule has 2 aromatic heterocycles. The first-order chi connectivity index (χ1) is 16.0. The second kappa shape index (κ2) is 9.90. The van der Waals surface area contributed by atoms with Gasteiger partial charge in [-0.25, -0.2) is 10.1 Å². The van der Waals surface area contributed by atoms with Crippen molar-refractivity contribution in [2.24, 2.45) is 0 Å². The van der Waals surface area contributed by atoms with E-state index >= 15 is 0 Å². The smallest absolute Gasteiger partial charge is 0.219 e. The average molecular weight is 445 g/mol. The van der Waals surface area contributed by atoms with Gasteiger partial charge in [-0.3, -0.25) is 4.79 Å². The van der Waals surface area contributed by atoms with Gasteiger partial charge in [0.2, 0.25) is 5.88 Å². The van der Waals surface area contributed by atoms with Crippen LogP contribution in [0.5, 0.6) is 23.1 Å². The first-order valence-electron chi connectivity index (χ1n) is 10.5. The number of benzene rings is 2. The van der Waals surface area contributed by atoms with Crippen LogP contribution in [0, 0.1) is 0 Å². The maximum atomic E-state index is 11.7. The van der Waals surface area contributed by atoms with Crippen molar-refractivity contribution in [3.05, 3.63) is 71.4 Å². The highest BCUT2D eigenvalue weighted by Crippen LogP contribution is 2.33. The number of carbonyl (C=O) groups excluding carboxylic acids is 1. The molecule has 0 fully saturated rings. The second-order valence-electron chi connectivity index (χ2n) is 7.42. The fraction of sp³-hybridized carbons (Fsp3) is 0.208. The third-order valence-corrected chi connectivity index (χ3v) is 4.99. The van der Waals surface area contributed by atoms with Gasteiger partial charge in [0.15, 0.2) is 11.6 Å². The van der Waals surface area contributed by atoms with Crippen LogP contribution < -0.4 is 9.47 Å². The molecule has 0 aliphatic carbocycles. The number of nitrogens with zero attached hydrogens (tertiary/aromatic N) is 4. The molecule has 0 amide bonds. The maximum absolute atomic E-state index is 11.7. The lowest BCUT2D eigenvalue weighted by atomic mass is 10.0. The minimum Gasteiger partial charge on any atom is -0.507 e. The van der Waals surface area contributed by atoms with Crippen molar-refractivity contribution in [3.63, 3.8) is 0 Å². The van der Waals surface area contributed by atoms with E-state index in [1.807, 2.05) is 37.3 Å². The number of phenolic OH excluding ortho intramolecular Hbond substituents is 1. The van der Waals surface area contributed by atoms with Gasteiger partial charge in [-0.15, -0.1) is 5.10 Å². The van der Waals surface area contributed by atoms with Gasteiger partial charge in [-0.1, -0.05) is 25.5 Å². The van der Waals surface area contributed by atoms with Gasteiger partial charge in [0, 0.05) is 23.4 Å². The number of hydrogen-bond donors (Lipinski definition) is 2.